The largest absolute Gasteiger partial charge is 0.316 e. The summed E-state index contributed by atoms with van der Waals surface area (Å²) in [5.74, 6) is 0. The highest BCUT2D eigenvalue weighted by atomic mass is 127. The van der Waals surface area contributed by atoms with Crippen molar-refractivity contribution < 1.29 is 0 Å². The molecule has 0 saturated heterocycles. The summed E-state index contributed by atoms with van der Waals surface area (Å²) in [7, 11) is 0. The van der Waals surface area contributed by atoms with Gasteiger partial charge in [0, 0.05) is 3.57 Å². The van der Waals surface area contributed by atoms with Gasteiger partial charge in [-0.25, -0.2) is 0 Å². The van der Waals surface area contributed by atoms with Gasteiger partial charge in [-0.2, -0.15) is 0 Å². The number of fused-ring (bicyclic) bond motifs is 1. The number of H-pyrrole nitrogens is 2. The minimum absolute atomic E-state index is 0.135. The quantitative estimate of drug-likeness (QED) is 0.400. The molecule has 2 N–H and O–H groups in total. The number of aromatic nitrogens is 2. The van der Waals surface area contributed by atoms with Crippen LogP contribution in [0, 0.1) is 12.0 Å². The van der Waals surface area contributed by atoms with Gasteiger partial charge < -0.3 is 9.97 Å². The molecule has 0 saturated carbocycles. The fourth-order valence-corrected chi connectivity index (χ4v) is 2.36. The molecule has 0 radical (unpaired) electrons. The molecule has 0 spiro atoms. The summed E-state index contributed by atoms with van der Waals surface area (Å²) in [5.41, 5.74) is -0.764. The molecule has 0 amide bonds. The fraction of sp³-hybridized carbons (Fsp3) is 0. The molecule has 82 valence electrons. The van der Waals surface area contributed by atoms with Gasteiger partial charge in [0.25, 0.3) is 0 Å². The predicted octanol–water partition coefficient (Wildman–Crippen LogP) is 1.82. The summed E-state index contributed by atoms with van der Waals surface area (Å²) in [6.45, 7) is 0. The average molecular weight is 443 g/mol. The normalized spacial score (nSPS) is 10.6. The van der Waals surface area contributed by atoms with Crippen LogP contribution in [0.15, 0.2) is 20.8 Å². The van der Waals surface area contributed by atoms with E-state index in [-0.39, 0.29) is 11.2 Å². The number of rotatable bonds is 1. The van der Waals surface area contributed by atoms with Crippen LogP contribution in [-0.2, 0) is 0 Å². The third-order valence-corrected chi connectivity index (χ3v) is 4.95. The molecule has 6 nitrogen and oxygen atoms in total. The predicted molar refractivity (Wildman–Crippen MR) is 76.1 cm³/mol. The number of halogens is 2. The van der Waals surface area contributed by atoms with Gasteiger partial charge in [0.05, 0.1) is 14.6 Å². The fourth-order valence-electron chi connectivity index (χ4n) is 1.27. The maximum absolute atomic E-state index is 11.2. The van der Waals surface area contributed by atoms with Crippen LogP contribution >= 0.6 is 45.2 Å². The Kier molecular flexibility index (Phi) is 3.10. The van der Waals surface area contributed by atoms with E-state index in [2.05, 4.69) is 15.1 Å². The van der Waals surface area contributed by atoms with E-state index >= 15 is 0 Å². The third-order valence-electron chi connectivity index (χ3n) is 1.98. The first-order valence-electron chi connectivity index (χ1n) is 4.02. The Morgan fingerprint density at radius 2 is 1.75 bits per heavy atom. The van der Waals surface area contributed by atoms with Gasteiger partial charge in [-0.15, -0.1) is 4.91 Å². The zero-order valence-corrected chi connectivity index (χ0v) is 11.8. The second-order valence-corrected chi connectivity index (χ2v) is 5.18. The first-order valence-corrected chi connectivity index (χ1v) is 6.18. The van der Waals surface area contributed by atoms with E-state index in [9.17, 15) is 14.5 Å². The van der Waals surface area contributed by atoms with Crippen LogP contribution in [0.2, 0.25) is 0 Å². The number of nitrogens with one attached hydrogen (secondary N) is 2. The van der Waals surface area contributed by atoms with E-state index in [0.29, 0.717) is 9.09 Å². The molecule has 0 aliphatic rings. The lowest BCUT2D eigenvalue weighted by atomic mass is 10.2. The molecule has 1 aromatic heterocycles. The van der Waals surface area contributed by atoms with Crippen molar-refractivity contribution in [3.8, 4) is 0 Å². The van der Waals surface area contributed by atoms with E-state index in [1.807, 2.05) is 45.2 Å². The molecule has 1 heterocycles. The third kappa shape index (κ3) is 1.79. The molecule has 1 aromatic carbocycles. The molecule has 16 heavy (non-hydrogen) atoms. The Labute approximate surface area is 115 Å². The Balaban J connectivity index is 3.09. The summed E-state index contributed by atoms with van der Waals surface area (Å²) in [6, 6.07) is 1.67. The summed E-state index contributed by atoms with van der Waals surface area (Å²) >= 11 is 3.98. The van der Waals surface area contributed by atoms with Crippen molar-refractivity contribution in [1.29, 1.82) is 0 Å². The number of nitrogens with zero attached hydrogens (tertiary/aromatic N) is 1. The van der Waals surface area contributed by atoms with Crippen LogP contribution in [0.3, 0.4) is 0 Å². The van der Waals surface area contributed by atoms with Crippen molar-refractivity contribution in [2.24, 2.45) is 5.18 Å². The van der Waals surface area contributed by atoms with Gasteiger partial charge in [-0.1, -0.05) is 0 Å². The van der Waals surface area contributed by atoms with Crippen molar-refractivity contribution in [2.45, 2.75) is 0 Å². The minimum atomic E-state index is -0.797. The standard InChI is InChI=1S/C8H3I2N3O3/c9-2-1-3-5(6(13-16)4(2)10)12-8(15)7(14)11-3/h1H,(H,11,14)(H,12,15). The minimum Gasteiger partial charge on any atom is -0.316 e. The Morgan fingerprint density at radius 1 is 1.12 bits per heavy atom. The molecule has 0 aliphatic carbocycles. The van der Waals surface area contributed by atoms with Gasteiger partial charge in [-0.05, 0) is 56.4 Å². The summed E-state index contributed by atoms with van der Waals surface area (Å²) < 4.78 is 1.42. The first kappa shape index (κ1) is 11.7. The lowest BCUT2D eigenvalue weighted by molar-refractivity contribution is 1.14. The van der Waals surface area contributed by atoms with Crippen molar-refractivity contribution in [3.63, 3.8) is 0 Å². The van der Waals surface area contributed by atoms with E-state index in [4.69, 9.17) is 0 Å². The van der Waals surface area contributed by atoms with Crippen LogP contribution in [0.1, 0.15) is 0 Å². The van der Waals surface area contributed by atoms with Gasteiger partial charge in [0.15, 0.2) is 0 Å². The molecular formula is C8H3I2N3O3. The van der Waals surface area contributed by atoms with E-state index in [1.165, 1.54) is 0 Å². The number of hydrogen-bond acceptors (Lipinski definition) is 4. The van der Waals surface area contributed by atoms with Crippen LogP contribution in [-0.4, -0.2) is 9.97 Å². The highest BCUT2D eigenvalue weighted by Gasteiger charge is 2.12. The molecule has 8 heteroatoms. The summed E-state index contributed by atoms with van der Waals surface area (Å²) in [6.07, 6.45) is 0. The maximum atomic E-state index is 11.2. The molecule has 0 aliphatic heterocycles. The lowest BCUT2D eigenvalue weighted by Gasteiger charge is -2.03. The summed E-state index contributed by atoms with van der Waals surface area (Å²) in [4.78, 5) is 37.7. The van der Waals surface area contributed by atoms with E-state index in [0.717, 1.165) is 3.57 Å². The molecule has 0 atom stereocenters. The topological polar surface area (TPSA) is 95.2 Å². The zero-order chi connectivity index (χ0) is 11.9. The highest BCUT2D eigenvalue weighted by molar-refractivity contribution is 14.1. The Hall–Kier alpha value is -0.780. The maximum Gasteiger partial charge on any atom is 0.314 e. The van der Waals surface area contributed by atoms with Gasteiger partial charge in [0.2, 0.25) is 0 Å². The van der Waals surface area contributed by atoms with Crippen LogP contribution < -0.4 is 11.1 Å². The van der Waals surface area contributed by atoms with Crippen LogP contribution in [0.5, 0.6) is 0 Å². The summed E-state index contributed by atoms with van der Waals surface area (Å²) in [5, 5.41) is 2.88. The smallest absolute Gasteiger partial charge is 0.314 e. The number of nitroso groups, excluding NO2 is 1. The highest BCUT2D eigenvalue weighted by Crippen LogP contribution is 2.31. The van der Waals surface area contributed by atoms with Crippen molar-refractivity contribution in [1.82, 2.24) is 9.97 Å². The monoisotopic (exact) mass is 443 g/mol. The molecule has 0 unspecified atom stereocenters. The second kappa shape index (κ2) is 4.24. The van der Waals surface area contributed by atoms with Crippen molar-refractivity contribution >= 4 is 61.9 Å². The molecule has 2 rings (SSSR count). The Morgan fingerprint density at radius 3 is 2.38 bits per heavy atom. The van der Waals surface area contributed by atoms with Crippen molar-refractivity contribution in [2.75, 3.05) is 0 Å². The van der Waals surface area contributed by atoms with Gasteiger partial charge in [-0.3, -0.25) is 9.59 Å². The number of benzene rings is 1. The Bertz CT molecular complexity index is 704. The van der Waals surface area contributed by atoms with Crippen molar-refractivity contribution in [3.05, 3.63) is 38.8 Å². The molecule has 0 bridgehead atoms. The van der Waals surface area contributed by atoms with Gasteiger partial charge >= 0.3 is 11.1 Å². The lowest BCUT2D eigenvalue weighted by Crippen LogP contribution is -2.29. The van der Waals surface area contributed by atoms with Crippen LogP contribution in [0.25, 0.3) is 11.0 Å². The number of aromatic amines is 2. The SMILES string of the molecule is O=Nc1c(I)c(I)cc2[nH]c(=O)c(=O)[nH]c12. The van der Waals surface area contributed by atoms with Gasteiger partial charge in [0.1, 0.15) is 5.69 Å². The average Bonchev–Trinajstić information content (AvgIpc) is 2.24. The molecule has 2 aromatic rings. The first-order chi connectivity index (χ1) is 7.54. The van der Waals surface area contributed by atoms with Crippen LogP contribution in [0.4, 0.5) is 5.69 Å². The zero-order valence-electron chi connectivity index (χ0n) is 7.51. The molecular weight excluding hydrogens is 440 g/mol. The second-order valence-electron chi connectivity index (χ2n) is 2.94. The van der Waals surface area contributed by atoms with E-state index < -0.39 is 11.1 Å². The molecule has 0 fully saturated rings. The van der Waals surface area contributed by atoms with E-state index in [1.54, 1.807) is 6.07 Å². The number of hydrogen-bond donors (Lipinski definition) is 2.